The van der Waals surface area contributed by atoms with Gasteiger partial charge in [-0.25, -0.2) is 13.6 Å². The van der Waals surface area contributed by atoms with Gasteiger partial charge in [0, 0.05) is 13.1 Å². The van der Waals surface area contributed by atoms with Crippen molar-refractivity contribution < 1.29 is 26.4 Å². The van der Waals surface area contributed by atoms with Crippen molar-refractivity contribution >= 4 is 27.3 Å². The average molecular weight is 441 g/mol. The van der Waals surface area contributed by atoms with Crippen LogP contribution in [0.25, 0.3) is 0 Å². The molecule has 2 aromatic rings. The summed E-state index contributed by atoms with van der Waals surface area (Å²) in [4.78, 5) is 14.4. The van der Waals surface area contributed by atoms with Crippen LogP contribution in [-0.2, 0) is 27.4 Å². The number of nitrogens with zero attached hydrogens (tertiary/aromatic N) is 1. The smallest absolute Gasteiger partial charge is 0.370 e. The molecule has 1 amide bonds. The number of anilines is 2. The molecule has 0 aromatic heterocycles. The number of hydrogen-bond acceptors (Lipinski definition) is 4. The van der Waals surface area contributed by atoms with Crippen LogP contribution in [0.1, 0.15) is 30.4 Å². The molecule has 2 aromatic carbocycles. The maximum Gasteiger partial charge on any atom is 0.416 e. The molecule has 1 saturated heterocycles. The monoisotopic (exact) mass is 441 g/mol. The van der Waals surface area contributed by atoms with Crippen LogP contribution < -0.4 is 15.4 Å². The summed E-state index contributed by atoms with van der Waals surface area (Å²) in [5.74, 6) is -0.504. The molecule has 0 spiro atoms. The van der Waals surface area contributed by atoms with Gasteiger partial charge in [-0.2, -0.15) is 13.2 Å². The fourth-order valence-electron chi connectivity index (χ4n) is 3.40. The van der Waals surface area contributed by atoms with E-state index in [4.69, 9.17) is 5.14 Å². The number of piperidine rings is 1. The first-order valence-electron chi connectivity index (χ1n) is 9.42. The third-order valence-corrected chi connectivity index (χ3v) is 5.84. The van der Waals surface area contributed by atoms with E-state index in [-0.39, 0.29) is 17.0 Å². The summed E-state index contributed by atoms with van der Waals surface area (Å²) in [7, 11) is -3.85. The molecule has 3 rings (SSSR count). The fraction of sp³-hybridized carbons (Fsp3) is 0.350. The van der Waals surface area contributed by atoms with E-state index in [1.54, 1.807) is 0 Å². The van der Waals surface area contributed by atoms with E-state index < -0.39 is 27.7 Å². The van der Waals surface area contributed by atoms with Gasteiger partial charge in [0.25, 0.3) is 0 Å². The summed E-state index contributed by atoms with van der Waals surface area (Å²) in [5, 5.41) is 7.63. The highest BCUT2D eigenvalue weighted by atomic mass is 32.2. The van der Waals surface area contributed by atoms with E-state index in [0.717, 1.165) is 31.4 Å². The van der Waals surface area contributed by atoms with Gasteiger partial charge in [-0.3, -0.25) is 4.79 Å². The Morgan fingerprint density at radius 3 is 2.23 bits per heavy atom. The molecule has 1 aliphatic heterocycles. The summed E-state index contributed by atoms with van der Waals surface area (Å²) < 4.78 is 62.1. The molecule has 0 bridgehead atoms. The van der Waals surface area contributed by atoms with Crippen LogP contribution in [0.4, 0.5) is 24.5 Å². The van der Waals surface area contributed by atoms with Crippen molar-refractivity contribution in [3.63, 3.8) is 0 Å². The van der Waals surface area contributed by atoms with E-state index in [0.29, 0.717) is 24.3 Å². The summed E-state index contributed by atoms with van der Waals surface area (Å²) in [6.45, 7) is 1.42. The summed E-state index contributed by atoms with van der Waals surface area (Å²) in [5.41, 5.74) is 0.334. The lowest BCUT2D eigenvalue weighted by molar-refractivity contribution is -0.137. The second-order valence-corrected chi connectivity index (χ2v) is 8.75. The fourth-order valence-corrected chi connectivity index (χ4v) is 3.92. The number of rotatable bonds is 5. The minimum Gasteiger partial charge on any atom is -0.370 e. The van der Waals surface area contributed by atoms with E-state index in [9.17, 15) is 26.4 Å². The van der Waals surface area contributed by atoms with E-state index in [1.807, 2.05) is 4.90 Å². The standard InChI is InChI=1S/C20H22F3N3O3S/c21-20(22,23)15-6-9-18(26-10-2-1-3-11-26)17(13-15)25-19(27)12-14-4-7-16(8-5-14)30(24,28)29/h4-9,13H,1-3,10-12H2,(H,25,27)(H2,24,28,29). The van der Waals surface area contributed by atoms with Crippen molar-refractivity contribution in [3.8, 4) is 0 Å². The van der Waals surface area contributed by atoms with Gasteiger partial charge >= 0.3 is 6.18 Å². The van der Waals surface area contributed by atoms with Gasteiger partial charge in [0.05, 0.1) is 28.3 Å². The van der Waals surface area contributed by atoms with E-state index in [1.165, 1.54) is 30.3 Å². The Hall–Kier alpha value is -2.59. The highest BCUT2D eigenvalue weighted by molar-refractivity contribution is 7.89. The van der Waals surface area contributed by atoms with Crippen LogP contribution in [0.3, 0.4) is 0 Å². The van der Waals surface area contributed by atoms with Gasteiger partial charge < -0.3 is 10.2 Å². The number of nitrogens with one attached hydrogen (secondary N) is 1. The van der Waals surface area contributed by atoms with Crippen LogP contribution in [-0.4, -0.2) is 27.4 Å². The maximum absolute atomic E-state index is 13.2. The van der Waals surface area contributed by atoms with E-state index >= 15 is 0 Å². The van der Waals surface area contributed by atoms with Crippen molar-refractivity contribution in [2.45, 2.75) is 36.8 Å². The number of sulfonamides is 1. The lowest BCUT2D eigenvalue weighted by Crippen LogP contribution is -2.30. The van der Waals surface area contributed by atoms with Crippen molar-refractivity contribution in [2.75, 3.05) is 23.3 Å². The minimum atomic E-state index is -4.52. The average Bonchev–Trinajstić information content (AvgIpc) is 2.67. The molecule has 162 valence electrons. The molecule has 0 saturated carbocycles. The normalized spacial score (nSPS) is 15.1. The summed E-state index contributed by atoms with van der Waals surface area (Å²) in [6, 6.07) is 8.80. The van der Waals surface area contributed by atoms with Gasteiger partial charge in [0.2, 0.25) is 15.9 Å². The first-order valence-corrected chi connectivity index (χ1v) is 11.0. The zero-order valence-electron chi connectivity index (χ0n) is 16.1. The molecule has 0 unspecified atom stereocenters. The van der Waals surface area contributed by atoms with Crippen LogP contribution in [0.15, 0.2) is 47.4 Å². The molecule has 6 nitrogen and oxygen atoms in total. The van der Waals surface area contributed by atoms with Crippen molar-refractivity contribution in [1.29, 1.82) is 0 Å². The highest BCUT2D eigenvalue weighted by Gasteiger charge is 2.31. The number of carbonyl (C=O) groups is 1. The number of halogens is 3. The second kappa shape index (κ2) is 8.65. The first kappa shape index (κ1) is 22.1. The number of amides is 1. The molecule has 10 heteroatoms. The number of primary sulfonamides is 1. The topological polar surface area (TPSA) is 92.5 Å². The predicted molar refractivity (Wildman–Crippen MR) is 108 cm³/mol. The molecular weight excluding hydrogens is 419 g/mol. The number of alkyl halides is 3. The molecule has 1 heterocycles. The molecule has 0 aliphatic carbocycles. The quantitative estimate of drug-likeness (QED) is 0.743. The van der Waals surface area contributed by atoms with Crippen LogP contribution in [0.2, 0.25) is 0 Å². The van der Waals surface area contributed by atoms with Gasteiger partial charge in [0.15, 0.2) is 0 Å². The van der Waals surface area contributed by atoms with Crippen molar-refractivity contribution in [2.24, 2.45) is 5.14 Å². The van der Waals surface area contributed by atoms with E-state index in [2.05, 4.69) is 5.32 Å². The summed E-state index contributed by atoms with van der Waals surface area (Å²) >= 11 is 0. The zero-order valence-corrected chi connectivity index (χ0v) is 16.9. The highest BCUT2D eigenvalue weighted by Crippen LogP contribution is 2.36. The first-order chi connectivity index (χ1) is 14.0. The Bertz CT molecular complexity index is 1020. The van der Waals surface area contributed by atoms with Crippen LogP contribution >= 0.6 is 0 Å². The molecule has 0 radical (unpaired) electrons. The Morgan fingerprint density at radius 2 is 1.67 bits per heavy atom. The molecule has 1 fully saturated rings. The zero-order chi connectivity index (χ0) is 21.9. The Kier molecular flexibility index (Phi) is 6.37. The van der Waals surface area contributed by atoms with Crippen LogP contribution in [0.5, 0.6) is 0 Å². The molecule has 0 atom stereocenters. The third-order valence-electron chi connectivity index (χ3n) is 4.91. The number of carbonyl (C=O) groups excluding carboxylic acids is 1. The van der Waals surface area contributed by atoms with Gasteiger partial charge in [0.1, 0.15) is 0 Å². The molecule has 1 aliphatic rings. The lowest BCUT2D eigenvalue weighted by Gasteiger charge is -2.31. The SMILES string of the molecule is NS(=O)(=O)c1ccc(CC(=O)Nc2cc(C(F)(F)F)ccc2N2CCCCC2)cc1. The molecule has 3 N–H and O–H groups in total. The molecular formula is C20H22F3N3O3S. The maximum atomic E-state index is 13.2. The molecule has 30 heavy (non-hydrogen) atoms. The number of benzene rings is 2. The van der Waals surface area contributed by atoms with Crippen LogP contribution in [0, 0.1) is 0 Å². The third kappa shape index (κ3) is 5.51. The predicted octanol–water partition coefficient (Wildman–Crippen LogP) is 3.52. The Labute approximate surface area is 172 Å². The van der Waals surface area contributed by atoms with Gasteiger partial charge in [-0.1, -0.05) is 12.1 Å². The Morgan fingerprint density at radius 1 is 1.03 bits per heavy atom. The van der Waals surface area contributed by atoms with Gasteiger partial charge in [-0.05, 0) is 55.2 Å². The minimum absolute atomic E-state index is 0.0862. The number of nitrogens with two attached hydrogens (primary N) is 1. The summed E-state index contributed by atoms with van der Waals surface area (Å²) in [6.07, 6.45) is -1.72. The number of hydrogen-bond donors (Lipinski definition) is 2. The van der Waals surface area contributed by atoms with Crippen molar-refractivity contribution in [3.05, 3.63) is 53.6 Å². The lowest BCUT2D eigenvalue weighted by atomic mass is 10.1. The van der Waals surface area contributed by atoms with Gasteiger partial charge in [-0.15, -0.1) is 0 Å². The second-order valence-electron chi connectivity index (χ2n) is 7.19. The largest absolute Gasteiger partial charge is 0.416 e. The Balaban J connectivity index is 1.81. The van der Waals surface area contributed by atoms with Crippen molar-refractivity contribution in [1.82, 2.24) is 0 Å².